The Morgan fingerprint density at radius 2 is 2.11 bits per heavy atom. The molecule has 5 nitrogen and oxygen atoms in total. The van der Waals surface area contributed by atoms with Crippen LogP contribution in [-0.2, 0) is 7.05 Å². The zero-order valence-corrected chi connectivity index (χ0v) is 10.3. The molecule has 0 atom stereocenters. The van der Waals surface area contributed by atoms with Gasteiger partial charge in [-0.05, 0) is 30.7 Å². The van der Waals surface area contributed by atoms with E-state index in [9.17, 15) is 14.0 Å². The molecule has 6 heteroatoms. The first-order valence-corrected chi connectivity index (χ1v) is 5.47. The van der Waals surface area contributed by atoms with Crippen LogP contribution in [0.4, 0.5) is 4.39 Å². The highest BCUT2D eigenvalue weighted by Crippen LogP contribution is 2.21. The lowest BCUT2D eigenvalue weighted by atomic mass is 10.0. The maximum Gasteiger partial charge on any atom is 0.343 e. The third-order valence-electron chi connectivity index (χ3n) is 2.78. The summed E-state index contributed by atoms with van der Waals surface area (Å²) in [5.41, 5.74) is -0.278. The van der Waals surface area contributed by atoms with Gasteiger partial charge in [-0.1, -0.05) is 0 Å². The van der Waals surface area contributed by atoms with Gasteiger partial charge in [0.25, 0.3) is 5.56 Å². The summed E-state index contributed by atoms with van der Waals surface area (Å²) in [4.78, 5) is 27.0. The predicted molar refractivity (Wildman–Crippen MR) is 66.6 cm³/mol. The first-order valence-electron chi connectivity index (χ1n) is 5.47. The Balaban J connectivity index is 2.75. The van der Waals surface area contributed by atoms with Gasteiger partial charge in [0.1, 0.15) is 5.82 Å². The van der Waals surface area contributed by atoms with Crippen molar-refractivity contribution >= 4 is 5.97 Å². The number of aromatic carboxylic acids is 1. The van der Waals surface area contributed by atoms with Gasteiger partial charge in [0.05, 0.1) is 12.0 Å². The van der Waals surface area contributed by atoms with Crippen LogP contribution in [0.15, 0.2) is 29.3 Å². The Morgan fingerprint density at radius 1 is 1.42 bits per heavy atom. The van der Waals surface area contributed by atoms with Crippen LogP contribution in [0.25, 0.3) is 11.3 Å². The van der Waals surface area contributed by atoms with E-state index in [0.717, 1.165) is 4.57 Å². The van der Waals surface area contributed by atoms with Gasteiger partial charge in [-0.15, -0.1) is 0 Å². The van der Waals surface area contributed by atoms with Crippen molar-refractivity contribution in [1.29, 1.82) is 0 Å². The molecule has 0 fully saturated rings. The molecule has 0 aliphatic carbocycles. The molecule has 0 unspecified atom stereocenters. The molecule has 98 valence electrons. The van der Waals surface area contributed by atoms with Gasteiger partial charge in [-0.25, -0.2) is 14.2 Å². The summed E-state index contributed by atoms with van der Waals surface area (Å²) in [6.45, 7) is 1.56. The summed E-state index contributed by atoms with van der Waals surface area (Å²) in [6, 6.07) is 4.08. The van der Waals surface area contributed by atoms with Crippen molar-refractivity contribution in [3.05, 3.63) is 51.8 Å². The van der Waals surface area contributed by atoms with Crippen molar-refractivity contribution in [3.8, 4) is 11.3 Å². The van der Waals surface area contributed by atoms with Crippen molar-refractivity contribution in [3.63, 3.8) is 0 Å². The molecule has 0 aliphatic rings. The Bertz CT molecular complexity index is 722. The van der Waals surface area contributed by atoms with Crippen LogP contribution in [0.2, 0.25) is 0 Å². The van der Waals surface area contributed by atoms with Gasteiger partial charge in [-0.3, -0.25) is 4.79 Å². The monoisotopic (exact) mass is 262 g/mol. The van der Waals surface area contributed by atoms with Crippen LogP contribution < -0.4 is 5.56 Å². The van der Waals surface area contributed by atoms with E-state index in [2.05, 4.69) is 4.98 Å². The minimum Gasteiger partial charge on any atom is -0.477 e. The summed E-state index contributed by atoms with van der Waals surface area (Å²) < 4.78 is 14.3. The second kappa shape index (κ2) is 4.64. The number of nitrogens with zero attached hydrogens (tertiary/aromatic N) is 2. The summed E-state index contributed by atoms with van der Waals surface area (Å²) >= 11 is 0. The summed E-state index contributed by atoms with van der Waals surface area (Å²) in [5.74, 6) is -1.75. The number of benzene rings is 1. The first kappa shape index (κ1) is 12.9. The highest BCUT2D eigenvalue weighted by Gasteiger charge is 2.19. The number of hydrogen-bond donors (Lipinski definition) is 1. The van der Waals surface area contributed by atoms with Crippen LogP contribution in [0.5, 0.6) is 0 Å². The molecular formula is C13H11FN2O3. The van der Waals surface area contributed by atoms with Crippen LogP contribution in [0.1, 0.15) is 15.9 Å². The molecule has 1 aromatic heterocycles. The molecule has 0 radical (unpaired) electrons. The topological polar surface area (TPSA) is 72.2 Å². The molecular weight excluding hydrogens is 251 g/mol. The number of carboxylic acids is 1. The quantitative estimate of drug-likeness (QED) is 0.892. The van der Waals surface area contributed by atoms with Crippen molar-refractivity contribution in [2.24, 2.45) is 7.05 Å². The lowest BCUT2D eigenvalue weighted by Gasteiger charge is -2.07. The maximum absolute atomic E-state index is 13.2. The van der Waals surface area contributed by atoms with Crippen LogP contribution in [-0.4, -0.2) is 20.6 Å². The molecule has 1 heterocycles. The zero-order chi connectivity index (χ0) is 14.2. The molecule has 0 saturated carbocycles. The van der Waals surface area contributed by atoms with Gasteiger partial charge in [0.15, 0.2) is 5.56 Å². The molecule has 19 heavy (non-hydrogen) atoms. The second-order valence-corrected chi connectivity index (χ2v) is 4.15. The number of rotatable bonds is 2. The zero-order valence-electron chi connectivity index (χ0n) is 10.3. The van der Waals surface area contributed by atoms with E-state index in [1.165, 1.54) is 31.6 Å². The first-order chi connectivity index (χ1) is 8.91. The summed E-state index contributed by atoms with van der Waals surface area (Å²) in [7, 11) is 1.42. The lowest BCUT2D eigenvalue weighted by Crippen LogP contribution is -2.26. The molecule has 0 bridgehead atoms. The smallest absolute Gasteiger partial charge is 0.343 e. The SMILES string of the molecule is Cc1cc(-c2ncn(C)c(=O)c2C(=O)O)ccc1F. The highest BCUT2D eigenvalue weighted by atomic mass is 19.1. The Hall–Kier alpha value is -2.50. The Kier molecular flexibility index (Phi) is 3.16. The average Bonchev–Trinajstić information content (AvgIpc) is 2.35. The number of carbonyl (C=O) groups is 1. The standard InChI is InChI=1S/C13H11FN2O3/c1-7-5-8(3-4-9(7)14)11-10(13(18)19)12(17)16(2)6-15-11/h3-6H,1-2H3,(H,18,19). The molecule has 2 aromatic rings. The van der Waals surface area contributed by atoms with Crippen LogP contribution in [0, 0.1) is 12.7 Å². The highest BCUT2D eigenvalue weighted by molar-refractivity contribution is 5.94. The fourth-order valence-electron chi connectivity index (χ4n) is 1.74. The van der Waals surface area contributed by atoms with Crippen LogP contribution >= 0.6 is 0 Å². The van der Waals surface area contributed by atoms with E-state index in [-0.39, 0.29) is 5.69 Å². The minimum absolute atomic E-state index is 0.0405. The normalized spacial score (nSPS) is 10.5. The number of halogens is 1. The molecule has 1 N–H and O–H groups in total. The molecule has 0 spiro atoms. The number of carboxylic acid groups (broad SMARTS) is 1. The van der Waals surface area contributed by atoms with E-state index in [1.807, 2.05) is 0 Å². The summed E-state index contributed by atoms with van der Waals surface area (Å²) in [6.07, 6.45) is 1.24. The van der Waals surface area contributed by atoms with Gasteiger partial charge < -0.3 is 9.67 Å². The van der Waals surface area contributed by atoms with Crippen LogP contribution in [0.3, 0.4) is 0 Å². The van der Waals surface area contributed by atoms with Crippen molar-refractivity contribution in [2.75, 3.05) is 0 Å². The van der Waals surface area contributed by atoms with Gasteiger partial charge in [0.2, 0.25) is 0 Å². The fraction of sp³-hybridized carbons (Fsp3) is 0.154. The Labute approximate surface area is 108 Å². The summed E-state index contributed by atoms with van der Waals surface area (Å²) in [5, 5.41) is 9.13. The van der Waals surface area contributed by atoms with E-state index >= 15 is 0 Å². The third kappa shape index (κ3) is 2.24. The number of hydrogen-bond acceptors (Lipinski definition) is 3. The van der Waals surface area contributed by atoms with E-state index in [4.69, 9.17) is 5.11 Å². The number of aryl methyl sites for hydroxylation is 2. The van der Waals surface area contributed by atoms with Crippen molar-refractivity contribution < 1.29 is 14.3 Å². The van der Waals surface area contributed by atoms with E-state index in [0.29, 0.717) is 11.1 Å². The van der Waals surface area contributed by atoms with Crippen molar-refractivity contribution in [2.45, 2.75) is 6.92 Å². The largest absolute Gasteiger partial charge is 0.477 e. The third-order valence-corrected chi connectivity index (χ3v) is 2.78. The molecule has 2 rings (SSSR count). The molecule has 0 amide bonds. The Morgan fingerprint density at radius 3 is 2.68 bits per heavy atom. The maximum atomic E-state index is 13.2. The van der Waals surface area contributed by atoms with E-state index < -0.39 is 22.9 Å². The minimum atomic E-state index is -1.36. The van der Waals surface area contributed by atoms with E-state index in [1.54, 1.807) is 6.92 Å². The lowest BCUT2D eigenvalue weighted by molar-refractivity contribution is 0.0694. The average molecular weight is 262 g/mol. The van der Waals surface area contributed by atoms with Gasteiger partial charge in [-0.2, -0.15) is 0 Å². The number of aromatic nitrogens is 2. The second-order valence-electron chi connectivity index (χ2n) is 4.15. The van der Waals surface area contributed by atoms with Crippen molar-refractivity contribution in [1.82, 2.24) is 9.55 Å². The molecule has 1 aromatic carbocycles. The molecule has 0 saturated heterocycles. The predicted octanol–water partition coefficient (Wildman–Crippen LogP) is 1.59. The van der Waals surface area contributed by atoms with Gasteiger partial charge >= 0.3 is 5.97 Å². The fourth-order valence-corrected chi connectivity index (χ4v) is 1.74. The molecule has 0 aliphatic heterocycles. The van der Waals surface area contributed by atoms with Gasteiger partial charge in [0, 0.05) is 12.6 Å².